The molecular formula is C24H22. The van der Waals surface area contributed by atoms with E-state index in [1.165, 1.54) is 45.2 Å². The van der Waals surface area contributed by atoms with Gasteiger partial charge in [0.15, 0.2) is 0 Å². The zero-order valence-electron chi connectivity index (χ0n) is 13.0. The van der Waals surface area contributed by atoms with Crippen LogP contribution in [-0.4, -0.2) is 0 Å². The third-order valence-electron chi connectivity index (χ3n) is 6.22. The molecule has 4 aromatic rings. The van der Waals surface area contributed by atoms with Crippen molar-refractivity contribution < 1.29 is 0 Å². The van der Waals surface area contributed by atoms with Gasteiger partial charge in [-0.05, 0) is 68.5 Å². The van der Waals surface area contributed by atoms with Crippen molar-refractivity contribution in [2.24, 2.45) is 11.8 Å². The second-order valence-electron chi connectivity index (χ2n) is 7.40. The lowest BCUT2D eigenvalue weighted by Gasteiger charge is -2.23. The normalized spacial score (nSPS) is 25.1. The molecule has 0 spiro atoms. The van der Waals surface area contributed by atoms with Gasteiger partial charge in [-0.2, -0.15) is 0 Å². The third kappa shape index (κ3) is 1.69. The molecule has 0 radical (unpaired) electrons. The molecule has 0 amide bonds. The van der Waals surface area contributed by atoms with Gasteiger partial charge in [-0.1, -0.05) is 74.2 Å². The van der Waals surface area contributed by atoms with Crippen LogP contribution in [0, 0.1) is 11.8 Å². The van der Waals surface area contributed by atoms with Crippen molar-refractivity contribution in [2.45, 2.75) is 26.2 Å². The molecule has 2 aliphatic carbocycles. The van der Waals surface area contributed by atoms with Crippen LogP contribution in [0.3, 0.4) is 0 Å². The van der Waals surface area contributed by atoms with Crippen molar-refractivity contribution in [3.63, 3.8) is 0 Å². The molecular weight excluding hydrogens is 288 g/mol. The Balaban J connectivity index is 0.00000131. The summed E-state index contributed by atoms with van der Waals surface area (Å²) in [7, 11) is 0. The minimum absolute atomic E-state index is 0. The van der Waals surface area contributed by atoms with E-state index in [1.807, 2.05) is 0 Å². The Labute approximate surface area is 143 Å². The molecule has 0 heterocycles. The highest BCUT2D eigenvalue weighted by Crippen LogP contribution is 2.51. The molecule has 2 bridgehead atoms. The molecule has 0 unspecified atom stereocenters. The molecule has 0 N–H and O–H groups in total. The predicted molar refractivity (Wildman–Crippen MR) is 105 cm³/mol. The predicted octanol–water partition coefficient (Wildman–Crippen LogP) is 6.90. The second kappa shape index (κ2) is 4.83. The van der Waals surface area contributed by atoms with Gasteiger partial charge in [0.1, 0.15) is 0 Å². The lowest BCUT2D eigenvalue weighted by Crippen LogP contribution is -2.06. The van der Waals surface area contributed by atoms with Gasteiger partial charge in [0, 0.05) is 0 Å². The summed E-state index contributed by atoms with van der Waals surface area (Å²) in [6, 6.07) is 20.6. The van der Waals surface area contributed by atoms with Gasteiger partial charge < -0.3 is 0 Å². The number of hydrogen-bond donors (Lipinski definition) is 0. The standard InChI is InChI=1S/C23H18.CH4/c1-3-15-9-10-16-4-2-6-19-21(13-18(5-1)22(15)23(16)19)20-12-14-7-8-17(20)11-14;/h1-10,13-14,17,20H,11-12H2;1H4/t14-,17+,20+;/m1./s1. The van der Waals surface area contributed by atoms with Crippen molar-refractivity contribution >= 4 is 32.3 Å². The Kier molecular flexibility index (Phi) is 2.83. The number of fused-ring (bicyclic) bond motifs is 2. The van der Waals surface area contributed by atoms with Gasteiger partial charge >= 0.3 is 0 Å². The first-order valence-corrected chi connectivity index (χ1v) is 8.73. The number of allylic oxidation sites excluding steroid dienone is 2. The van der Waals surface area contributed by atoms with Crippen LogP contribution in [0.15, 0.2) is 66.7 Å². The van der Waals surface area contributed by atoms with Gasteiger partial charge in [0.05, 0.1) is 0 Å². The van der Waals surface area contributed by atoms with E-state index < -0.39 is 0 Å². The molecule has 3 atom stereocenters. The van der Waals surface area contributed by atoms with E-state index >= 15 is 0 Å². The fourth-order valence-electron chi connectivity index (χ4n) is 5.24. The highest BCUT2D eigenvalue weighted by molar-refractivity contribution is 6.23. The SMILES string of the molecule is C.C1=C[C@H]2C[C@@H]1C[C@@H]2c1cc2cccc3ccc4cccc1c4c32. The quantitative estimate of drug-likeness (QED) is 0.265. The first-order chi connectivity index (χ1) is 11.4. The van der Waals surface area contributed by atoms with Gasteiger partial charge in [-0.3, -0.25) is 0 Å². The monoisotopic (exact) mass is 310 g/mol. The van der Waals surface area contributed by atoms with Crippen LogP contribution < -0.4 is 0 Å². The summed E-state index contributed by atoms with van der Waals surface area (Å²) in [6.07, 6.45) is 7.62. The number of rotatable bonds is 1. The molecule has 4 aromatic carbocycles. The van der Waals surface area contributed by atoms with E-state index in [1.54, 1.807) is 5.56 Å². The van der Waals surface area contributed by atoms with Crippen LogP contribution in [0.5, 0.6) is 0 Å². The molecule has 2 aliphatic rings. The fraction of sp³-hybridized carbons (Fsp3) is 0.250. The van der Waals surface area contributed by atoms with Crippen molar-refractivity contribution in [1.29, 1.82) is 0 Å². The minimum atomic E-state index is 0. The average Bonchev–Trinajstić information content (AvgIpc) is 3.23. The topological polar surface area (TPSA) is 0 Å². The van der Waals surface area contributed by atoms with Crippen molar-refractivity contribution in [3.8, 4) is 0 Å². The molecule has 6 rings (SSSR count). The largest absolute Gasteiger partial charge is 0.0851 e. The summed E-state index contributed by atoms with van der Waals surface area (Å²) in [4.78, 5) is 0. The summed E-state index contributed by atoms with van der Waals surface area (Å²) in [6.45, 7) is 0. The highest BCUT2D eigenvalue weighted by atomic mass is 14.4. The van der Waals surface area contributed by atoms with Gasteiger partial charge in [0.25, 0.3) is 0 Å². The number of benzene rings is 4. The second-order valence-corrected chi connectivity index (χ2v) is 7.40. The summed E-state index contributed by atoms with van der Waals surface area (Å²) >= 11 is 0. The molecule has 0 heteroatoms. The molecule has 0 saturated heterocycles. The first-order valence-electron chi connectivity index (χ1n) is 8.73. The van der Waals surface area contributed by atoms with Crippen LogP contribution in [0.25, 0.3) is 32.3 Å². The lowest BCUT2D eigenvalue weighted by molar-refractivity contribution is 0.590. The molecule has 1 saturated carbocycles. The van der Waals surface area contributed by atoms with Gasteiger partial charge in [0.2, 0.25) is 0 Å². The molecule has 0 aliphatic heterocycles. The van der Waals surface area contributed by atoms with E-state index in [4.69, 9.17) is 0 Å². The molecule has 24 heavy (non-hydrogen) atoms. The van der Waals surface area contributed by atoms with Crippen molar-refractivity contribution in [1.82, 2.24) is 0 Å². The van der Waals surface area contributed by atoms with Crippen LogP contribution >= 0.6 is 0 Å². The molecule has 1 fully saturated rings. The van der Waals surface area contributed by atoms with E-state index in [0.717, 1.165) is 11.8 Å². The smallest absolute Gasteiger partial charge is 0.00239 e. The van der Waals surface area contributed by atoms with Crippen molar-refractivity contribution in [3.05, 3.63) is 72.3 Å². The Morgan fingerprint density at radius 2 is 1.46 bits per heavy atom. The maximum atomic E-state index is 2.49. The van der Waals surface area contributed by atoms with Crippen molar-refractivity contribution in [2.75, 3.05) is 0 Å². The third-order valence-corrected chi connectivity index (χ3v) is 6.22. The van der Waals surface area contributed by atoms with Crippen LogP contribution in [-0.2, 0) is 0 Å². The number of hydrogen-bond acceptors (Lipinski definition) is 0. The van der Waals surface area contributed by atoms with Crippen LogP contribution in [0.2, 0.25) is 0 Å². The highest BCUT2D eigenvalue weighted by Gasteiger charge is 2.37. The Morgan fingerprint density at radius 3 is 2.21 bits per heavy atom. The average molecular weight is 310 g/mol. The summed E-state index contributed by atoms with van der Waals surface area (Å²) in [5, 5.41) is 8.57. The Hall–Kier alpha value is -2.34. The maximum absolute atomic E-state index is 2.49. The van der Waals surface area contributed by atoms with E-state index in [0.29, 0.717) is 5.92 Å². The Morgan fingerprint density at radius 1 is 0.708 bits per heavy atom. The van der Waals surface area contributed by atoms with Crippen LogP contribution in [0.4, 0.5) is 0 Å². The van der Waals surface area contributed by atoms with E-state index in [2.05, 4.69) is 66.7 Å². The first kappa shape index (κ1) is 14.0. The van der Waals surface area contributed by atoms with Crippen LogP contribution in [0.1, 0.15) is 31.7 Å². The minimum Gasteiger partial charge on any atom is -0.0851 e. The molecule has 0 aromatic heterocycles. The zero-order valence-corrected chi connectivity index (χ0v) is 13.0. The summed E-state index contributed by atoms with van der Waals surface area (Å²) in [5.41, 5.74) is 1.58. The Bertz CT molecular complexity index is 1090. The maximum Gasteiger partial charge on any atom is -0.00239 e. The summed E-state index contributed by atoms with van der Waals surface area (Å²) in [5.74, 6) is 2.28. The lowest BCUT2D eigenvalue weighted by atomic mass is 9.81. The van der Waals surface area contributed by atoms with Gasteiger partial charge in [-0.25, -0.2) is 0 Å². The fourth-order valence-corrected chi connectivity index (χ4v) is 5.24. The molecule has 0 nitrogen and oxygen atoms in total. The van der Waals surface area contributed by atoms with E-state index in [9.17, 15) is 0 Å². The van der Waals surface area contributed by atoms with Gasteiger partial charge in [-0.15, -0.1) is 0 Å². The zero-order chi connectivity index (χ0) is 15.0. The molecule has 118 valence electrons. The van der Waals surface area contributed by atoms with E-state index in [-0.39, 0.29) is 7.43 Å². The summed E-state index contributed by atoms with van der Waals surface area (Å²) < 4.78 is 0.